The Hall–Kier alpha value is -0.610. The Kier molecular flexibility index (Phi) is 6.54. The normalized spacial score (nSPS) is 13.0. The first-order valence-corrected chi connectivity index (χ1v) is 4.81. The Balaban J connectivity index is 3.60. The highest BCUT2D eigenvalue weighted by atomic mass is 16.2. The molecule has 3 N–H and O–H groups in total. The molecule has 4 nitrogen and oxygen atoms in total. The predicted octanol–water partition coefficient (Wildman–Crippen LogP) is 0.487. The van der Waals surface area contributed by atoms with Crippen LogP contribution in [0, 0.1) is 0 Å². The third-order valence-corrected chi connectivity index (χ3v) is 2.28. The summed E-state index contributed by atoms with van der Waals surface area (Å²) in [5.74, 6) is 4.89. The molecule has 0 saturated carbocycles. The Morgan fingerprint density at radius 3 is 2.69 bits per heavy atom. The van der Waals surface area contributed by atoms with Gasteiger partial charge in [-0.1, -0.05) is 6.92 Å². The molecule has 0 fully saturated rings. The first kappa shape index (κ1) is 12.4. The van der Waals surface area contributed by atoms with Crippen LogP contribution in [-0.4, -0.2) is 30.4 Å². The van der Waals surface area contributed by atoms with Crippen molar-refractivity contribution in [3.63, 3.8) is 0 Å². The molecule has 4 heteroatoms. The molecule has 0 aliphatic heterocycles. The van der Waals surface area contributed by atoms with E-state index in [1.807, 2.05) is 0 Å². The van der Waals surface area contributed by atoms with E-state index >= 15 is 0 Å². The summed E-state index contributed by atoms with van der Waals surface area (Å²) in [6.45, 7) is 5.35. The molecule has 0 aromatic carbocycles. The molecule has 1 atom stereocenters. The summed E-state index contributed by atoms with van der Waals surface area (Å²) in [6.07, 6.45) is 2.51. The number of amides is 1. The van der Waals surface area contributed by atoms with Crippen LogP contribution in [0.15, 0.2) is 0 Å². The first-order valence-electron chi connectivity index (χ1n) is 4.81. The third-order valence-electron chi connectivity index (χ3n) is 2.28. The molecule has 0 rings (SSSR count). The Bertz CT molecular complexity index is 150. The quantitative estimate of drug-likeness (QED) is 0.361. The summed E-state index contributed by atoms with van der Waals surface area (Å²) in [6, 6.07) is 0.442. The molecule has 0 bridgehead atoms. The maximum Gasteiger partial charge on any atom is 0.233 e. The number of rotatable bonds is 6. The fourth-order valence-electron chi connectivity index (χ4n) is 1.21. The summed E-state index contributed by atoms with van der Waals surface area (Å²) in [5, 5.41) is 0. The minimum absolute atomic E-state index is 0.0863. The number of hydrazine groups is 1. The fourth-order valence-corrected chi connectivity index (χ4v) is 1.21. The standard InChI is InChI=1S/C9H21N3O/c1-4-7-12(3)8(2)5-6-9(13)11-10/h8H,4-7,10H2,1-3H3,(H,11,13). The van der Waals surface area contributed by atoms with Crippen molar-refractivity contribution >= 4 is 5.91 Å². The van der Waals surface area contributed by atoms with E-state index in [9.17, 15) is 4.79 Å². The van der Waals surface area contributed by atoms with Crippen molar-refractivity contribution in [2.45, 2.75) is 39.2 Å². The second-order valence-electron chi connectivity index (χ2n) is 3.44. The third kappa shape index (κ3) is 5.60. The number of carbonyl (C=O) groups excluding carboxylic acids is 1. The largest absolute Gasteiger partial charge is 0.304 e. The van der Waals surface area contributed by atoms with Crippen LogP contribution >= 0.6 is 0 Å². The van der Waals surface area contributed by atoms with E-state index < -0.39 is 0 Å². The molecule has 0 aromatic rings. The van der Waals surface area contributed by atoms with Gasteiger partial charge in [-0.05, 0) is 33.4 Å². The molecule has 0 radical (unpaired) electrons. The molecule has 78 valence electrons. The summed E-state index contributed by atoms with van der Waals surface area (Å²) in [5.41, 5.74) is 2.13. The van der Waals surface area contributed by atoms with Crippen LogP contribution in [0.4, 0.5) is 0 Å². The van der Waals surface area contributed by atoms with Gasteiger partial charge >= 0.3 is 0 Å². The lowest BCUT2D eigenvalue weighted by molar-refractivity contribution is -0.121. The van der Waals surface area contributed by atoms with E-state index in [0.717, 1.165) is 19.4 Å². The molecule has 1 unspecified atom stereocenters. The monoisotopic (exact) mass is 187 g/mol. The molecule has 0 aromatic heterocycles. The van der Waals surface area contributed by atoms with Gasteiger partial charge in [-0.15, -0.1) is 0 Å². The van der Waals surface area contributed by atoms with Gasteiger partial charge in [0.15, 0.2) is 0 Å². The van der Waals surface area contributed by atoms with E-state index in [1.54, 1.807) is 0 Å². The number of hydrogen-bond acceptors (Lipinski definition) is 3. The van der Waals surface area contributed by atoms with E-state index in [-0.39, 0.29) is 5.91 Å². The molecular weight excluding hydrogens is 166 g/mol. The molecule has 13 heavy (non-hydrogen) atoms. The lowest BCUT2D eigenvalue weighted by atomic mass is 10.1. The van der Waals surface area contributed by atoms with Crippen molar-refractivity contribution < 1.29 is 4.79 Å². The number of hydrogen-bond donors (Lipinski definition) is 2. The SMILES string of the molecule is CCCN(C)C(C)CCC(=O)NN. The predicted molar refractivity (Wildman–Crippen MR) is 53.9 cm³/mol. The van der Waals surface area contributed by atoms with Gasteiger partial charge in [-0.3, -0.25) is 10.2 Å². The van der Waals surface area contributed by atoms with Gasteiger partial charge in [0.1, 0.15) is 0 Å². The highest BCUT2D eigenvalue weighted by molar-refractivity contribution is 5.75. The Morgan fingerprint density at radius 2 is 2.23 bits per heavy atom. The van der Waals surface area contributed by atoms with Crippen molar-refractivity contribution in [3.05, 3.63) is 0 Å². The fraction of sp³-hybridized carbons (Fsp3) is 0.889. The summed E-state index contributed by atoms with van der Waals surface area (Å²) < 4.78 is 0. The van der Waals surface area contributed by atoms with Crippen LogP contribution in [0.3, 0.4) is 0 Å². The highest BCUT2D eigenvalue weighted by Gasteiger charge is 2.09. The second-order valence-corrected chi connectivity index (χ2v) is 3.44. The van der Waals surface area contributed by atoms with Crippen molar-refractivity contribution in [2.24, 2.45) is 5.84 Å². The van der Waals surface area contributed by atoms with Crippen LogP contribution in [0.25, 0.3) is 0 Å². The number of nitrogens with zero attached hydrogens (tertiary/aromatic N) is 1. The lowest BCUT2D eigenvalue weighted by Gasteiger charge is -2.23. The Labute approximate surface area is 80.4 Å². The molecule has 0 aliphatic rings. The van der Waals surface area contributed by atoms with Crippen LogP contribution in [0.1, 0.15) is 33.1 Å². The number of nitrogens with two attached hydrogens (primary N) is 1. The van der Waals surface area contributed by atoms with Crippen LogP contribution < -0.4 is 11.3 Å². The minimum atomic E-state index is -0.0863. The van der Waals surface area contributed by atoms with E-state index in [1.165, 1.54) is 0 Å². The second kappa shape index (κ2) is 6.86. The van der Waals surface area contributed by atoms with Gasteiger partial charge in [-0.25, -0.2) is 5.84 Å². The zero-order valence-corrected chi connectivity index (χ0v) is 8.84. The van der Waals surface area contributed by atoms with Gasteiger partial charge in [-0.2, -0.15) is 0 Å². The molecular formula is C9H21N3O. The molecule has 0 aliphatic carbocycles. The van der Waals surface area contributed by atoms with Gasteiger partial charge in [0.2, 0.25) is 5.91 Å². The van der Waals surface area contributed by atoms with Gasteiger partial charge in [0.25, 0.3) is 0 Å². The van der Waals surface area contributed by atoms with Crippen molar-refractivity contribution in [3.8, 4) is 0 Å². The van der Waals surface area contributed by atoms with Crippen molar-refractivity contribution in [2.75, 3.05) is 13.6 Å². The zero-order valence-electron chi connectivity index (χ0n) is 8.84. The van der Waals surface area contributed by atoms with Gasteiger partial charge in [0.05, 0.1) is 0 Å². The minimum Gasteiger partial charge on any atom is -0.304 e. The summed E-state index contributed by atoms with van der Waals surface area (Å²) in [4.78, 5) is 13.1. The topological polar surface area (TPSA) is 58.4 Å². The Morgan fingerprint density at radius 1 is 1.62 bits per heavy atom. The first-order chi connectivity index (χ1) is 6.11. The maximum atomic E-state index is 10.8. The number of carbonyl (C=O) groups is 1. The smallest absolute Gasteiger partial charge is 0.233 e. The van der Waals surface area contributed by atoms with E-state index in [2.05, 4.69) is 31.2 Å². The average molecular weight is 187 g/mol. The average Bonchev–Trinajstić information content (AvgIpc) is 2.13. The molecule has 0 heterocycles. The van der Waals surface area contributed by atoms with Gasteiger partial charge in [0, 0.05) is 12.5 Å². The van der Waals surface area contributed by atoms with Crippen molar-refractivity contribution in [1.82, 2.24) is 10.3 Å². The molecule has 0 spiro atoms. The lowest BCUT2D eigenvalue weighted by Crippen LogP contribution is -2.34. The summed E-state index contributed by atoms with van der Waals surface area (Å²) in [7, 11) is 2.08. The van der Waals surface area contributed by atoms with E-state index in [0.29, 0.717) is 12.5 Å². The number of nitrogens with one attached hydrogen (secondary N) is 1. The van der Waals surface area contributed by atoms with E-state index in [4.69, 9.17) is 5.84 Å². The van der Waals surface area contributed by atoms with Crippen molar-refractivity contribution in [1.29, 1.82) is 0 Å². The van der Waals surface area contributed by atoms with Crippen LogP contribution in [-0.2, 0) is 4.79 Å². The van der Waals surface area contributed by atoms with Crippen LogP contribution in [0.2, 0.25) is 0 Å². The van der Waals surface area contributed by atoms with Crippen LogP contribution in [0.5, 0.6) is 0 Å². The zero-order chi connectivity index (χ0) is 10.3. The van der Waals surface area contributed by atoms with Gasteiger partial charge < -0.3 is 4.90 Å². The molecule has 0 saturated heterocycles. The highest BCUT2D eigenvalue weighted by Crippen LogP contribution is 2.04. The maximum absolute atomic E-state index is 10.8. The molecule has 1 amide bonds. The summed E-state index contributed by atoms with van der Waals surface area (Å²) >= 11 is 0.